The minimum Gasteiger partial charge on any atom is -0.0764 e. The highest BCUT2D eigenvalue weighted by Gasteiger charge is 2.49. The van der Waals surface area contributed by atoms with Crippen LogP contribution in [0.2, 0.25) is 0 Å². The molecule has 3 aliphatic carbocycles. The molecule has 0 amide bonds. The molecule has 2 aromatic carbocycles. The fraction of sp³-hybridized carbons (Fsp3) is 0.304. The molecule has 0 bridgehead atoms. The fourth-order valence-corrected chi connectivity index (χ4v) is 4.68. The summed E-state index contributed by atoms with van der Waals surface area (Å²) in [5.74, 6) is 1.28. The molecule has 3 aliphatic rings. The van der Waals surface area contributed by atoms with Crippen molar-refractivity contribution in [3.05, 3.63) is 82.9 Å². The Labute approximate surface area is 138 Å². The lowest BCUT2D eigenvalue weighted by Crippen LogP contribution is -2.12. The topological polar surface area (TPSA) is 0 Å². The van der Waals surface area contributed by atoms with Crippen LogP contribution in [0.4, 0.5) is 0 Å². The van der Waals surface area contributed by atoms with Crippen molar-refractivity contribution in [1.82, 2.24) is 0 Å². The molecule has 0 spiro atoms. The molecule has 23 heavy (non-hydrogen) atoms. The Morgan fingerprint density at radius 2 is 1.43 bits per heavy atom. The third kappa shape index (κ3) is 2.12. The highest BCUT2D eigenvalue weighted by molar-refractivity contribution is 5.64. The number of fused-ring (bicyclic) bond motifs is 2. The summed E-state index contributed by atoms with van der Waals surface area (Å²) in [6.07, 6.45) is 15.0. The summed E-state index contributed by atoms with van der Waals surface area (Å²) < 4.78 is 0. The lowest BCUT2D eigenvalue weighted by atomic mass is 9.79. The number of hydrogen-bond donors (Lipinski definition) is 0. The Morgan fingerprint density at radius 1 is 0.783 bits per heavy atom. The van der Waals surface area contributed by atoms with E-state index in [1.54, 1.807) is 5.56 Å². The van der Waals surface area contributed by atoms with Crippen molar-refractivity contribution in [3.8, 4) is 0 Å². The van der Waals surface area contributed by atoms with Gasteiger partial charge in [0.1, 0.15) is 0 Å². The molecule has 2 aromatic rings. The zero-order valence-corrected chi connectivity index (χ0v) is 13.4. The molecule has 0 heteroatoms. The van der Waals surface area contributed by atoms with Gasteiger partial charge in [0.05, 0.1) is 0 Å². The Bertz CT molecular complexity index is 804. The summed E-state index contributed by atoms with van der Waals surface area (Å²) in [6.45, 7) is 0. The average molecular weight is 298 g/mol. The van der Waals surface area contributed by atoms with Crippen molar-refractivity contribution in [2.24, 2.45) is 5.41 Å². The van der Waals surface area contributed by atoms with Gasteiger partial charge >= 0.3 is 0 Å². The minimum atomic E-state index is 0.536. The van der Waals surface area contributed by atoms with Gasteiger partial charge in [-0.05, 0) is 53.4 Å². The van der Waals surface area contributed by atoms with Crippen molar-refractivity contribution in [2.45, 2.75) is 37.5 Å². The predicted molar refractivity (Wildman–Crippen MR) is 97.3 cm³/mol. The molecule has 2 unspecified atom stereocenters. The minimum absolute atomic E-state index is 0.536. The third-order valence-electron chi connectivity index (χ3n) is 6.21. The molecule has 1 saturated carbocycles. The highest BCUT2D eigenvalue weighted by atomic mass is 14.5. The summed E-state index contributed by atoms with van der Waals surface area (Å²) in [7, 11) is 0. The SMILES string of the molecule is C1=CC(CCC2(C3C=Cc4ccccc43)CC2)c2ccccc21. The molecule has 114 valence electrons. The van der Waals surface area contributed by atoms with Gasteiger partial charge in [-0.25, -0.2) is 0 Å². The fourth-order valence-electron chi connectivity index (χ4n) is 4.68. The van der Waals surface area contributed by atoms with Crippen LogP contribution in [0.25, 0.3) is 12.2 Å². The quantitative estimate of drug-likeness (QED) is 0.633. The van der Waals surface area contributed by atoms with Gasteiger partial charge in [-0.15, -0.1) is 0 Å². The lowest BCUT2D eigenvalue weighted by Gasteiger charge is -2.24. The first-order valence-electron chi connectivity index (χ1n) is 8.90. The maximum atomic E-state index is 2.47. The largest absolute Gasteiger partial charge is 0.0764 e. The molecule has 0 N–H and O–H groups in total. The molecule has 2 atom stereocenters. The molecule has 5 rings (SSSR count). The Balaban J connectivity index is 1.34. The van der Waals surface area contributed by atoms with E-state index in [0.29, 0.717) is 17.3 Å². The second-order valence-electron chi connectivity index (χ2n) is 7.46. The summed E-state index contributed by atoms with van der Waals surface area (Å²) in [6, 6.07) is 17.8. The normalized spacial score (nSPS) is 25.4. The lowest BCUT2D eigenvalue weighted by molar-refractivity contribution is 0.400. The van der Waals surface area contributed by atoms with E-state index in [1.807, 2.05) is 0 Å². The number of hydrogen-bond acceptors (Lipinski definition) is 0. The van der Waals surface area contributed by atoms with Gasteiger partial charge < -0.3 is 0 Å². The Hall–Kier alpha value is -2.08. The molecule has 0 aliphatic heterocycles. The van der Waals surface area contributed by atoms with Gasteiger partial charge in [0.25, 0.3) is 0 Å². The van der Waals surface area contributed by atoms with Gasteiger partial charge in [-0.2, -0.15) is 0 Å². The van der Waals surface area contributed by atoms with Crippen molar-refractivity contribution < 1.29 is 0 Å². The van der Waals surface area contributed by atoms with Crippen molar-refractivity contribution in [1.29, 1.82) is 0 Å². The van der Waals surface area contributed by atoms with E-state index in [2.05, 4.69) is 72.8 Å². The smallest absolute Gasteiger partial charge is 0.00837 e. The van der Waals surface area contributed by atoms with Gasteiger partial charge in [0.15, 0.2) is 0 Å². The summed E-state index contributed by atoms with van der Waals surface area (Å²) in [5, 5.41) is 0. The van der Waals surface area contributed by atoms with Gasteiger partial charge in [0.2, 0.25) is 0 Å². The number of benzene rings is 2. The number of allylic oxidation sites excluding steroid dienone is 2. The van der Waals surface area contributed by atoms with Crippen LogP contribution in [0.3, 0.4) is 0 Å². The molecular weight excluding hydrogens is 276 g/mol. The third-order valence-corrected chi connectivity index (χ3v) is 6.21. The predicted octanol–water partition coefficient (Wildman–Crippen LogP) is 6.17. The van der Waals surface area contributed by atoms with E-state index in [4.69, 9.17) is 0 Å². The first-order valence-corrected chi connectivity index (χ1v) is 8.90. The first-order chi connectivity index (χ1) is 11.4. The monoisotopic (exact) mass is 298 g/mol. The maximum absolute atomic E-state index is 2.47. The van der Waals surface area contributed by atoms with Crippen LogP contribution in [0.1, 0.15) is 59.8 Å². The Kier molecular flexibility index (Phi) is 2.88. The van der Waals surface area contributed by atoms with E-state index in [1.165, 1.54) is 42.4 Å². The molecule has 0 aromatic heterocycles. The van der Waals surface area contributed by atoms with Crippen LogP contribution in [-0.4, -0.2) is 0 Å². The average Bonchev–Trinajstić information content (AvgIpc) is 3.08. The zero-order chi connectivity index (χ0) is 15.3. The van der Waals surface area contributed by atoms with Crippen LogP contribution >= 0.6 is 0 Å². The molecule has 1 fully saturated rings. The van der Waals surface area contributed by atoms with E-state index < -0.39 is 0 Å². The van der Waals surface area contributed by atoms with E-state index in [9.17, 15) is 0 Å². The number of rotatable bonds is 4. The van der Waals surface area contributed by atoms with E-state index in [0.717, 1.165) is 0 Å². The van der Waals surface area contributed by atoms with Crippen molar-refractivity contribution >= 4 is 12.2 Å². The molecule has 0 radical (unpaired) electrons. The summed E-state index contributed by atoms with van der Waals surface area (Å²) in [4.78, 5) is 0. The van der Waals surface area contributed by atoms with Gasteiger partial charge in [0, 0.05) is 11.8 Å². The molecule has 0 saturated heterocycles. The Morgan fingerprint density at radius 3 is 2.22 bits per heavy atom. The zero-order valence-electron chi connectivity index (χ0n) is 13.4. The van der Waals surface area contributed by atoms with E-state index >= 15 is 0 Å². The second-order valence-corrected chi connectivity index (χ2v) is 7.46. The molecule has 0 heterocycles. The summed E-state index contributed by atoms with van der Waals surface area (Å²) in [5.41, 5.74) is 6.50. The molecule has 0 nitrogen and oxygen atoms in total. The van der Waals surface area contributed by atoms with Crippen molar-refractivity contribution in [3.63, 3.8) is 0 Å². The molecular formula is C23H22. The van der Waals surface area contributed by atoms with Crippen LogP contribution in [-0.2, 0) is 0 Å². The van der Waals surface area contributed by atoms with Crippen molar-refractivity contribution in [2.75, 3.05) is 0 Å². The highest BCUT2D eigenvalue weighted by Crippen LogP contribution is 2.62. The second kappa shape index (κ2) is 4.96. The van der Waals surface area contributed by atoms with E-state index in [-0.39, 0.29) is 0 Å². The van der Waals surface area contributed by atoms with Crippen LogP contribution in [0.5, 0.6) is 0 Å². The first kappa shape index (κ1) is 13.4. The summed E-state index contributed by atoms with van der Waals surface area (Å²) >= 11 is 0. The maximum Gasteiger partial charge on any atom is 0.00837 e. The van der Waals surface area contributed by atoms with Crippen LogP contribution in [0, 0.1) is 5.41 Å². The van der Waals surface area contributed by atoms with Crippen LogP contribution in [0.15, 0.2) is 60.7 Å². The van der Waals surface area contributed by atoms with Crippen LogP contribution < -0.4 is 0 Å². The van der Waals surface area contributed by atoms with Gasteiger partial charge in [-0.3, -0.25) is 0 Å². The van der Waals surface area contributed by atoms with Gasteiger partial charge in [-0.1, -0.05) is 72.8 Å². The standard InChI is InChI=1S/C23H22/c1-3-7-20-17(5-1)9-10-19(20)13-14-23(15-16-23)22-12-11-18-6-2-4-8-21(18)22/h1-12,19,22H,13-16H2.